The Morgan fingerprint density at radius 3 is 2.53 bits per heavy atom. The van der Waals surface area contributed by atoms with Crippen molar-refractivity contribution >= 4 is 5.97 Å². The van der Waals surface area contributed by atoms with Gasteiger partial charge in [-0.15, -0.1) is 13.2 Å². The molecular weight excluding hydrogens is 267 g/mol. The SMILES string of the molecule is CCOC(=O)c1ncc(OC(F)(F)F)c(C)c1OC. The lowest BCUT2D eigenvalue weighted by Gasteiger charge is -2.15. The van der Waals surface area contributed by atoms with E-state index in [0.29, 0.717) is 0 Å². The van der Waals surface area contributed by atoms with Crippen LogP contribution in [0, 0.1) is 6.92 Å². The predicted octanol–water partition coefficient (Wildman–Crippen LogP) is 2.47. The van der Waals surface area contributed by atoms with Gasteiger partial charge in [-0.25, -0.2) is 9.78 Å². The normalized spacial score (nSPS) is 11.1. The minimum atomic E-state index is -4.84. The van der Waals surface area contributed by atoms with Gasteiger partial charge < -0.3 is 14.2 Å². The molecule has 1 aromatic rings. The molecule has 0 saturated heterocycles. The number of hydrogen-bond donors (Lipinski definition) is 0. The molecule has 8 heteroatoms. The molecule has 0 N–H and O–H groups in total. The van der Waals surface area contributed by atoms with Gasteiger partial charge >= 0.3 is 12.3 Å². The fraction of sp³-hybridized carbons (Fsp3) is 0.455. The van der Waals surface area contributed by atoms with Gasteiger partial charge in [-0.3, -0.25) is 0 Å². The fourth-order valence-electron chi connectivity index (χ4n) is 1.39. The Bertz CT molecular complexity index is 474. The van der Waals surface area contributed by atoms with E-state index in [1.54, 1.807) is 6.92 Å². The Morgan fingerprint density at radius 1 is 1.42 bits per heavy atom. The summed E-state index contributed by atoms with van der Waals surface area (Å²) in [6, 6.07) is 0. The predicted molar refractivity (Wildman–Crippen MR) is 58.2 cm³/mol. The number of alkyl halides is 3. The molecule has 0 aliphatic carbocycles. The summed E-state index contributed by atoms with van der Waals surface area (Å²) in [6.07, 6.45) is -4.04. The minimum absolute atomic E-state index is 0.0119. The number of halogens is 3. The molecule has 0 aromatic carbocycles. The molecule has 0 spiro atoms. The van der Waals surface area contributed by atoms with Gasteiger partial charge in [0.05, 0.1) is 19.9 Å². The van der Waals surface area contributed by atoms with Crippen molar-refractivity contribution in [3.05, 3.63) is 17.5 Å². The van der Waals surface area contributed by atoms with Crippen LogP contribution in [0.2, 0.25) is 0 Å². The lowest BCUT2D eigenvalue weighted by Crippen LogP contribution is -2.19. The van der Waals surface area contributed by atoms with Crippen molar-refractivity contribution in [1.82, 2.24) is 4.98 Å². The molecule has 1 rings (SSSR count). The summed E-state index contributed by atoms with van der Waals surface area (Å²) >= 11 is 0. The van der Waals surface area contributed by atoms with Crippen molar-refractivity contribution in [2.75, 3.05) is 13.7 Å². The third kappa shape index (κ3) is 3.73. The van der Waals surface area contributed by atoms with Crippen LogP contribution in [-0.4, -0.2) is 31.0 Å². The van der Waals surface area contributed by atoms with E-state index < -0.39 is 18.1 Å². The maximum atomic E-state index is 12.2. The first-order valence-electron chi connectivity index (χ1n) is 5.26. The first-order valence-corrected chi connectivity index (χ1v) is 5.26. The topological polar surface area (TPSA) is 57.7 Å². The molecule has 0 saturated carbocycles. The van der Waals surface area contributed by atoms with Crippen molar-refractivity contribution in [2.24, 2.45) is 0 Å². The number of hydrogen-bond acceptors (Lipinski definition) is 5. The van der Waals surface area contributed by atoms with Crippen molar-refractivity contribution in [1.29, 1.82) is 0 Å². The third-order valence-corrected chi connectivity index (χ3v) is 2.13. The molecule has 0 fully saturated rings. The second-order valence-electron chi connectivity index (χ2n) is 3.40. The molecule has 1 aromatic heterocycles. The minimum Gasteiger partial charge on any atom is -0.494 e. The molecule has 0 bridgehead atoms. The molecule has 106 valence electrons. The maximum Gasteiger partial charge on any atom is 0.573 e. The van der Waals surface area contributed by atoms with E-state index >= 15 is 0 Å². The lowest BCUT2D eigenvalue weighted by molar-refractivity contribution is -0.275. The van der Waals surface area contributed by atoms with Crippen LogP contribution in [0.4, 0.5) is 13.2 Å². The van der Waals surface area contributed by atoms with Gasteiger partial charge in [-0.05, 0) is 13.8 Å². The van der Waals surface area contributed by atoms with E-state index in [0.717, 1.165) is 6.20 Å². The second-order valence-corrected chi connectivity index (χ2v) is 3.40. The molecule has 0 atom stereocenters. The quantitative estimate of drug-likeness (QED) is 0.792. The Kier molecular flexibility index (Phi) is 4.57. The van der Waals surface area contributed by atoms with Crippen LogP contribution in [0.1, 0.15) is 23.0 Å². The molecule has 0 amide bonds. The van der Waals surface area contributed by atoms with Crippen molar-refractivity contribution < 1.29 is 32.2 Å². The maximum absolute atomic E-state index is 12.2. The Hall–Kier alpha value is -1.99. The number of methoxy groups -OCH3 is 1. The van der Waals surface area contributed by atoms with Gasteiger partial charge in [0.15, 0.2) is 17.2 Å². The average Bonchev–Trinajstić information content (AvgIpc) is 2.30. The van der Waals surface area contributed by atoms with Gasteiger partial charge in [-0.2, -0.15) is 0 Å². The first-order chi connectivity index (χ1) is 8.80. The number of esters is 1. The van der Waals surface area contributed by atoms with Crippen LogP contribution in [0.25, 0.3) is 0 Å². The zero-order chi connectivity index (χ0) is 14.6. The van der Waals surface area contributed by atoms with Crippen molar-refractivity contribution in [3.63, 3.8) is 0 Å². The number of pyridine rings is 1. The zero-order valence-electron chi connectivity index (χ0n) is 10.5. The van der Waals surface area contributed by atoms with E-state index in [1.807, 2.05) is 0 Å². The highest BCUT2D eigenvalue weighted by Crippen LogP contribution is 2.33. The summed E-state index contributed by atoms with van der Waals surface area (Å²) in [4.78, 5) is 15.1. The zero-order valence-corrected chi connectivity index (χ0v) is 10.5. The number of ether oxygens (including phenoxy) is 3. The summed E-state index contributed by atoms with van der Waals surface area (Å²) < 4.78 is 49.8. The third-order valence-electron chi connectivity index (χ3n) is 2.13. The largest absolute Gasteiger partial charge is 0.573 e. The van der Waals surface area contributed by atoms with Crippen LogP contribution in [0.3, 0.4) is 0 Å². The highest BCUT2D eigenvalue weighted by Gasteiger charge is 2.33. The average molecular weight is 279 g/mol. The van der Waals surface area contributed by atoms with Crippen molar-refractivity contribution in [2.45, 2.75) is 20.2 Å². The second kappa shape index (κ2) is 5.77. The molecule has 0 unspecified atom stereocenters. The molecule has 0 aliphatic rings. The van der Waals surface area contributed by atoms with Gasteiger partial charge in [0.25, 0.3) is 0 Å². The summed E-state index contributed by atoms with van der Waals surface area (Å²) in [5.41, 5.74) is -0.186. The van der Waals surface area contributed by atoms with Crippen LogP contribution in [-0.2, 0) is 4.74 Å². The van der Waals surface area contributed by atoms with E-state index in [-0.39, 0.29) is 23.6 Å². The Morgan fingerprint density at radius 2 is 2.05 bits per heavy atom. The van der Waals surface area contributed by atoms with Gasteiger partial charge in [0, 0.05) is 5.56 Å². The Labute approximate surface area is 107 Å². The monoisotopic (exact) mass is 279 g/mol. The van der Waals surface area contributed by atoms with Gasteiger partial charge in [0.2, 0.25) is 0 Å². The fourth-order valence-corrected chi connectivity index (χ4v) is 1.39. The number of nitrogens with zero attached hydrogens (tertiary/aromatic N) is 1. The number of aromatic nitrogens is 1. The smallest absolute Gasteiger partial charge is 0.494 e. The van der Waals surface area contributed by atoms with Gasteiger partial charge in [0.1, 0.15) is 0 Å². The first kappa shape index (κ1) is 15.1. The molecular formula is C11H12F3NO4. The summed E-state index contributed by atoms with van der Waals surface area (Å²) in [5.74, 6) is -1.42. The van der Waals surface area contributed by atoms with Crippen LogP contribution in [0.5, 0.6) is 11.5 Å². The van der Waals surface area contributed by atoms with Crippen LogP contribution < -0.4 is 9.47 Å². The molecule has 5 nitrogen and oxygen atoms in total. The number of rotatable bonds is 4. The van der Waals surface area contributed by atoms with Crippen LogP contribution in [0.15, 0.2) is 6.20 Å². The lowest BCUT2D eigenvalue weighted by atomic mass is 10.2. The summed E-state index contributed by atoms with van der Waals surface area (Å²) in [6.45, 7) is 3.03. The van der Waals surface area contributed by atoms with Crippen LogP contribution >= 0.6 is 0 Å². The molecule has 19 heavy (non-hydrogen) atoms. The number of carbonyl (C=O) groups is 1. The molecule has 0 aliphatic heterocycles. The van der Waals surface area contributed by atoms with Gasteiger partial charge in [-0.1, -0.05) is 0 Å². The summed E-state index contributed by atoms with van der Waals surface area (Å²) in [7, 11) is 1.21. The Balaban J connectivity index is 3.19. The number of carbonyl (C=O) groups excluding carboxylic acids is 1. The van der Waals surface area contributed by atoms with E-state index in [1.165, 1.54) is 14.0 Å². The van der Waals surface area contributed by atoms with Crippen molar-refractivity contribution in [3.8, 4) is 11.5 Å². The standard InChI is InChI=1S/C11H12F3NO4/c1-4-18-10(16)8-9(17-3)6(2)7(5-15-8)19-11(12,13)14/h5H,4H2,1-3H3. The molecule has 1 heterocycles. The molecule has 0 radical (unpaired) electrons. The van der Waals surface area contributed by atoms with E-state index in [9.17, 15) is 18.0 Å². The summed E-state index contributed by atoms with van der Waals surface area (Å²) in [5, 5.41) is 0. The highest BCUT2D eigenvalue weighted by molar-refractivity contribution is 5.91. The highest BCUT2D eigenvalue weighted by atomic mass is 19.4. The van der Waals surface area contributed by atoms with E-state index in [2.05, 4.69) is 9.72 Å². The van der Waals surface area contributed by atoms with E-state index in [4.69, 9.17) is 9.47 Å².